The Kier molecular flexibility index (Phi) is 3.96. The van der Waals surface area contributed by atoms with E-state index in [4.69, 9.17) is 5.26 Å². The van der Waals surface area contributed by atoms with Crippen molar-refractivity contribution in [1.29, 1.82) is 5.26 Å². The van der Waals surface area contributed by atoms with E-state index in [-0.39, 0.29) is 6.04 Å². The van der Waals surface area contributed by atoms with Crippen LogP contribution in [-0.4, -0.2) is 4.98 Å². The van der Waals surface area contributed by atoms with Gasteiger partial charge in [-0.15, -0.1) is 11.3 Å². The third-order valence-electron chi connectivity index (χ3n) is 3.52. The monoisotopic (exact) mass is 293 g/mol. The molecule has 104 valence electrons. The van der Waals surface area contributed by atoms with Gasteiger partial charge in [0.25, 0.3) is 0 Å². The van der Waals surface area contributed by atoms with E-state index < -0.39 is 0 Å². The van der Waals surface area contributed by atoms with Crippen LogP contribution in [0.1, 0.15) is 29.7 Å². The molecule has 0 aliphatic heterocycles. The molecular formula is C17H15N3S. The molecule has 0 aliphatic rings. The average molecular weight is 293 g/mol. The first-order valence-corrected chi connectivity index (χ1v) is 7.70. The second-order valence-electron chi connectivity index (χ2n) is 4.98. The van der Waals surface area contributed by atoms with Gasteiger partial charge in [0.15, 0.2) is 0 Å². The first-order chi connectivity index (χ1) is 10.3. The van der Waals surface area contributed by atoms with Gasteiger partial charge in [-0.25, -0.2) is 0 Å². The van der Waals surface area contributed by atoms with Gasteiger partial charge in [-0.1, -0.05) is 12.1 Å². The molecular weight excluding hydrogens is 278 g/mol. The molecule has 3 rings (SSSR count). The average Bonchev–Trinajstić information content (AvgIpc) is 3.00. The molecule has 3 nitrogen and oxygen atoms in total. The van der Waals surface area contributed by atoms with Crippen molar-refractivity contribution in [2.24, 2.45) is 0 Å². The van der Waals surface area contributed by atoms with Gasteiger partial charge in [-0.3, -0.25) is 4.98 Å². The molecule has 0 fully saturated rings. The first kappa shape index (κ1) is 13.7. The second kappa shape index (κ2) is 6.04. The largest absolute Gasteiger partial charge is 0.306 e. The van der Waals surface area contributed by atoms with E-state index in [0.29, 0.717) is 5.56 Å². The number of benzene rings is 1. The van der Waals surface area contributed by atoms with Crippen molar-refractivity contribution in [2.45, 2.75) is 19.5 Å². The summed E-state index contributed by atoms with van der Waals surface area (Å²) in [5, 5.41) is 14.3. The predicted molar refractivity (Wildman–Crippen MR) is 86.0 cm³/mol. The number of hydrogen-bond acceptors (Lipinski definition) is 4. The third-order valence-corrected chi connectivity index (χ3v) is 4.37. The molecule has 2 aromatic heterocycles. The Balaban J connectivity index is 1.67. The number of pyridine rings is 1. The standard InChI is InChI=1S/C17H15N3S/c1-12(15-8-17-16(20-11-15)6-7-21-17)19-10-14-4-2-13(9-18)3-5-14/h2-8,11-12,19H,10H2,1H3. The summed E-state index contributed by atoms with van der Waals surface area (Å²) in [6, 6.07) is 14.3. The summed E-state index contributed by atoms with van der Waals surface area (Å²) in [6.45, 7) is 2.91. The van der Waals surface area contributed by atoms with Crippen LogP contribution in [0, 0.1) is 11.3 Å². The Morgan fingerprint density at radius 1 is 1.29 bits per heavy atom. The number of rotatable bonds is 4. The molecule has 0 saturated carbocycles. The molecule has 0 spiro atoms. The fraction of sp³-hybridized carbons (Fsp3) is 0.176. The van der Waals surface area contributed by atoms with Gasteiger partial charge in [-0.05, 0) is 47.7 Å². The molecule has 1 N–H and O–H groups in total. The maximum absolute atomic E-state index is 8.79. The summed E-state index contributed by atoms with van der Waals surface area (Å²) in [5.74, 6) is 0. The van der Waals surface area contributed by atoms with Crippen LogP contribution in [0.4, 0.5) is 0 Å². The van der Waals surface area contributed by atoms with Crippen molar-refractivity contribution in [2.75, 3.05) is 0 Å². The van der Waals surface area contributed by atoms with Gasteiger partial charge in [-0.2, -0.15) is 5.26 Å². The number of aromatic nitrogens is 1. The first-order valence-electron chi connectivity index (χ1n) is 6.82. The molecule has 1 aromatic carbocycles. The molecule has 1 unspecified atom stereocenters. The lowest BCUT2D eigenvalue weighted by atomic mass is 10.1. The summed E-state index contributed by atoms with van der Waals surface area (Å²) < 4.78 is 1.22. The van der Waals surface area contributed by atoms with Crippen LogP contribution in [-0.2, 0) is 6.54 Å². The number of nitrogens with zero attached hydrogens (tertiary/aromatic N) is 2. The van der Waals surface area contributed by atoms with E-state index in [2.05, 4.69) is 34.7 Å². The summed E-state index contributed by atoms with van der Waals surface area (Å²) in [6.07, 6.45) is 1.94. The summed E-state index contributed by atoms with van der Waals surface area (Å²) >= 11 is 1.72. The highest BCUT2D eigenvalue weighted by molar-refractivity contribution is 7.17. The van der Waals surface area contributed by atoms with E-state index in [0.717, 1.165) is 12.1 Å². The minimum absolute atomic E-state index is 0.236. The van der Waals surface area contributed by atoms with Gasteiger partial charge in [0.05, 0.1) is 21.8 Å². The lowest BCUT2D eigenvalue weighted by Crippen LogP contribution is -2.18. The van der Waals surface area contributed by atoms with Gasteiger partial charge in [0.1, 0.15) is 0 Å². The third kappa shape index (κ3) is 3.10. The highest BCUT2D eigenvalue weighted by atomic mass is 32.1. The van der Waals surface area contributed by atoms with Gasteiger partial charge >= 0.3 is 0 Å². The Morgan fingerprint density at radius 2 is 2.10 bits per heavy atom. The van der Waals surface area contributed by atoms with Gasteiger partial charge < -0.3 is 5.32 Å². The van der Waals surface area contributed by atoms with Crippen LogP contribution in [0.3, 0.4) is 0 Å². The normalized spacial score (nSPS) is 12.2. The van der Waals surface area contributed by atoms with Crippen molar-refractivity contribution in [3.63, 3.8) is 0 Å². The molecule has 4 heteroatoms. The number of nitriles is 1. The minimum Gasteiger partial charge on any atom is -0.306 e. The predicted octanol–water partition coefficient (Wildman–Crippen LogP) is 4.02. The van der Waals surface area contributed by atoms with E-state index in [9.17, 15) is 0 Å². The molecule has 0 aliphatic carbocycles. The Labute approximate surface area is 127 Å². The SMILES string of the molecule is CC(NCc1ccc(C#N)cc1)c1cnc2ccsc2c1. The fourth-order valence-corrected chi connectivity index (χ4v) is 2.97. The zero-order valence-corrected chi connectivity index (χ0v) is 12.5. The maximum atomic E-state index is 8.79. The van der Waals surface area contributed by atoms with Crippen LogP contribution in [0.5, 0.6) is 0 Å². The van der Waals surface area contributed by atoms with Crippen LogP contribution in [0.2, 0.25) is 0 Å². The highest BCUT2D eigenvalue weighted by Gasteiger charge is 2.07. The summed E-state index contributed by atoms with van der Waals surface area (Å²) in [7, 11) is 0. The van der Waals surface area contributed by atoms with Crippen molar-refractivity contribution >= 4 is 21.6 Å². The Hall–Kier alpha value is -2.22. The van der Waals surface area contributed by atoms with Crippen molar-refractivity contribution in [3.8, 4) is 6.07 Å². The van der Waals surface area contributed by atoms with Gasteiger partial charge in [0.2, 0.25) is 0 Å². The smallest absolute Gasteiger partial charge is 0.0991 e. The molecule has 21 heavy (non-hydrogen) atoms. The van der Waals surface area contributed by atoms with Crippen LogP contribution < -0.4 is 5.32 Å². The summed E-state index contributed by atoms with van der Waals surface area (Å²) in [4.78, 5) is 4.47. The van der Waals surface area contributed by atoms with E-state index >= 15 is 0 Å². The van der Waals surface area contributed by atoms with Crippen LogP contribution >= 0.6 is 11.3 Å². The van der Waals surface area contributed by atoms with Crippen LogP contribution in [0.25, 0.3) is 10.2 Å². The summed E-state index contributed by atoms with van der Waals surface area (Å²) in [5.41, 5.74) is 4.12. The van der Waals surface area contributed by atoms with E-state index in [1.54, 1.807) is 11.3 Å². The Bertz CT molecular complexity index is 784. The number of fused-ring (bicyclic) bond motifs is 1. The highest BCUT2D eigenvalue weighted by Crippen LogP contribution is 2.22. The molecule has 0 bridgehead atoms. The molecule has 2 heterocycles. The van der Waals surface area contributed by atoms with Crippen molar-refractivity contribution in [3.05, 3.63) is 64.7 Å². The zero-order valence-electron chi connectivity index (χ0n) is 11.7. The molecule has 0 saturated heterocycles. The second-order valence-corrected chi connectivity index (χ2v) is 5.93. The van der Waals surface area contributed by atoms with Crippen molar-refractivity contribution in [1.82, 2.24) is 10.3 Å². The lowest BCUT2D eigenvalue weighted by molar-refractivity contribution is 0.574. The fourth-order valence-electron chi connectivity index (χ4n) is 2.18. The molecule has 0 amide bonds. The number of hydrogen-bond donors (Lipinski definition) is 1. The van der Waals surface area contributed by atoms with Gasteiger partial charge in [0, 0.05) is 18.8 Å². The Morgan fingerprint density at radius 3 is 2.86 bits per heavy atom. The van der Waals surface area contributed by atoms with E-state index in [1.807, 2.05) is 36.5 Å². The van der Waals surface area contributed by atoms with Crippen LogP contribution in [0.15, 0.2) is 48.0 Å². The molecule has 1 atom stereocenters. The quantitative estimate of drug-likeness (QED) is 0.790. The molecule has 0 radical (unpaired) electrons. The number of nitrogens with one attached hydrogen (secondary N) is 1. The van der Waals surface area contributed by atoms with Crippen molar-refractivity contribution < 1.29 is 0 Å². The minimum atomic E-state index is 0.236. The van der Waals surface area contributed by atoms with E-state index in [1.165, 1.54) is 15.8 Å². The molecule has 3 aromatic rings. The maximum Gasteiger partial charge on any atom is 0.0991 e. The topological polar surface area (TPSA) is 48.7 Å². The zero-order chi connectivity index (χ0) is 14.7. The lowest BCUT2D eigenvalue weighted by Gasteiger charge is -2.14. The number of thiophene rings is 1.